The molecule has 7 nitrogen and oxygen atoms in total. The molecule has 0 aliphatic carbocycles. The fourth-order valence-electron chi connectivity index (χ4n) is 4.30. The number of allylic oxidation sites excluding steroid dienone is 1. The van der Waals surface area contributed by atoms with E-state index in [2.05, 4.69) is 10.5 Å². The van der Waals surface area contributed by atoms with Gasteiger partial charge in [-0.1, -0.05) is 83.5 Å². The molecule has 7 heteroatoms. The Balaban J connectivity index is 1.60. The average molecular weight is 467 g/mol. The molecule has 4 aromatic rings. The molecule has 0 radical (unpaired) electrons. The van der Waals surface area contributed by atoms with Gasteiger partial charge in [-0.3, -0.25) is 4.90 Å². The molecule has 1 atom stereocenters. The van der Waals surface area contributed by atoms with Gasteiger partial charge in [0.2, 0.25) is 5.82 Å². The first-order valence-electron chi connectivity index (χ1n) is 11.4. The fourth-order valence-corrected chi connectivity index (χ4v) is 4.30. The van der Waals surface area contributed by atoms with Crippen LogP contribution in [0.2, 0.25) is 0 Å². The zero-order chi connectivity index (χ0) is 24.4. The Kier molecular flexibility index (Phi) is 6.06. The van der Waals surface area contributed by atoms with E-state index in [0.717, 1.165) is 39.3 Å². The zero-order valence-electron chi connectivity index (χ0n) is 19.9. The van der Waals surface area contributed by atoms with E-state index in [1.54, 1.807) is 12.0 Å². The number of nitrogens with zero attached hydrogens (tertiary/aromatic N) is 3. The molecule has 2 amide bonds. The van der Waals surface area contributed by atoms with Gasteiger partial charge in [-0.25, -0.2) is 4.79 Å². The lowest BCUT2D eigenvalue weighted by atomic mass is 9.94. The number of rotatable bonds is 6. The summed E-state index contributed by atoms with van der Waals surface area (Å²) >= 11 is 0. The van der Waals surface area contributed by atoms with Crippen molar-refractivity contribution in [3.63, 3.8) is 0 Å². The molecule has 1 aliphatic rings. The van der Waals surface area contributed by atoms with Crippen molar-refractivity contribution in [2.45, 2.75) is 26.4 Å². The summed E-state index contributed by atoms with van der Waals surface area (Å²) in [4.78, 5) is 19.7. The van der Waals surface area contributed by atoms with Crippen molar-refractivity contribution in [1.29, 1.82) is 0 Å². The van der Waals surface area contributed by atoms with E-state index >= 15 is 0 Å². The Hall–Kier alpha value is -4.39. The predicted octanol–water partition coefficient (Wildman–Crippen LogP) is 5.75. The first kappa shape index (κ1) is 22.4. The Morgan fingerprint density at radius 1 is 0.971 bits per heavy atom. The highest BCUT2D eigenvalue weighted by Crippen LogP contribution is 2.38. The predicted molar refractivity (Wildman–Crippen MR) is 133 cm³/mol. The Morgan fingerprint density at radius 3 is 2.43 bits per heavy atom. The summed E-state index contributed by atoms with van der Waals surface area (Å²) in [5.41, 5.74) is 5.34. The lowest BCUT2D eigenvalue weighted by Crippen LogP contribution is -2.45. The molecule has 2 heterocycles. The number of amides is 2. The van der Waals surface area contributed by atoms with Crippen molar-refractivity contribution in [1.82, 2.24) is 20.4 Å². The maximum atomic E-state index is 13.3. The van der Waals surface area contributed by atoms with Crippen molar-refractivity contribution in [2.75, 3.05) is 7.11 Å². The number of aryl methyl sites for hydroxylation is 1. The molecule has 0 fully saturated rings. The lowest BCUT2D eigenvalue weighted by Gasteiger charge is -2.35. The monoisotopic (exact) mass is 466 g/mol. The van der Waals surface area contributed by atoms with Crippen LogP contribution in [0.25, 0.3) is 17.0 Å². The molecule has 0 saturated heterocycles. The number of hydrogen-bond acceptors (Lipinski definition) is 5. The fraction of sp³-hybridized carbons (Fsp3) is 0.179. The summed E-state index contributed by atoms with van der Waals surface area (Å²) in [6.45, 7) is 4.28. The first-order chi connectivity index (χ1) is 17.0. The summed E-state index contributed by atoms with van der Waals surface area (Å²) in [6, 6.07) is 24.8. The Labute approximate surface area is 204 Å². The lowest BCUT2D eigenvalue weighted by molar-refractivity contribution is 0.202. The number of carbonyl (C=O) groups excluding carboxylic acids is 1. The van der Waals surface area contributed by atoms with Crippen LogP contribution >= 0.6 is 0 Å². The van der Waals surface area contributed by atoms with Gasteiger partial charge in [0.25, 0.3) is 5.89 Å². The molecule has 176 valence electrons. The number of urea groups is 1. The minimum atomic E-state index is -0.430. The van der Waals surface area contributed by atoms with Gasteiger partial charge in [0.05, 0.1) is 25.3 Å². The number of methoxy groups -OCH3 is 1. The van der Waals surface area contributed by atoms with Crippen LogP contribution in [0.15, 0.2) is 89.1 Å². The Morgan fingerprint density at radius 2 is 1.69 bits per heavy atom. The molecule has 0 saturated carbocycles. The summed E-state index contributed by atoms with van der Waals surface area (Å²) in [5.74, 6) is 1.59. The van der Waals surface area contributed by atoms with Gasteiger partial charge in [-0.05, 0) is 25.5 Å². The molecule has 3 aromatic carbocycles. The van der Waals surface area contributed by atoms with Crippen LogP contribution in [0.5, 0.6) is 5.75 Å². The minimum absolute atomic E-state index is 0.203. The number of hydrogen-bond donors (Lipinski definition) is 1. The molecule has 5 rings (SSSR count). The average Bonchev–Trinajstić information content (AvgIpc) is 3.37. The molecular formula is C28H26N4O3. The SMILES string of the molecule is COc1ccccc1CN1C(=O)NC(c2ccc(C)cc2)C(c2nc(-c3ccccc3)no2)=C1C. The molecule has 1 unspecified atom stereocenters. The number of para-hydroxylation sites is 1. The maximum Gasteiger partial charge on any atom is 0.322 e. The smallest absolute Gasteiger partial charge is 0.322 e. The largest absolute Gasteiger partial charge is 0.496 e. The normalized spacial score (nSPS) is 15.8. The van der Waals surface area contributed by atoms with Crippen LogP contribution < -0.4 is 10.1 Å². The standard InChI is InChI=1S/C28H26N4O3/c1-18-13-15-20(16-14-18)25-24(27-30-26(31-35-27)21-9-5-4-6-10-21)19(2)32(28(33)29-25)17-22-11-7-8-12-23(22)34-3/h4-16,25H,17H2,1-3H3,(H,29,33). The second-order valence-electron chi connectivity index (χ2n) is 8.48. The van der Waals surface area contributed by atoms with Gasteiger partial charge in [-0.15, -0.1) is 0 Å². The molecule has 1 N–H and O–H groups in total. The second kappa shape index (κ2) is 9.46. The number of nitrogens with one attached hydrogen (secondary N) is 1. The zero-order valence-corrected chi connectivity index (χ0v) is 19.9. The topological polar surface area (TPSA) is 80.5 Å². The van der Waals surface area contributed by atoms with Gasteiger partial charge in [0, 0.05) is 16.8 Å². The van der Waals surface area contributed by atoms with Crippen molar-refractivity contribution in [3.05, 3.63) is 107 Å². The van der Waals surface area contributed by atoms with Crippen molar-refractivity contribution < 1.29 is 14.1 Å². The van der Waals surface area contributed by atoms with Gasteiger partial charge < -0.3 is 14.6 Å². The molecule has 0 spiro atoms. The van der Waals surface area contributed by atoms with E-state index in [0.29, 0.717) is 18.3 Å². The quantitative estimate of drug-likeness (QED) is 0.391. The third-order valence-corrected chi connectivity index (χ3v) is 6.22. The van der Waals surface area contributed by atoms with Crippen LogP contribution in [-0.2, 0) is 6.54 Å². The second-order valence-corrected chi connectivity index (χ2v) is 8.48. The van der Waals surface area contributed by atoms with Gasteiger partial charge in [0.1, 0.15) is 5.75 Å². The van der Waals surface area contributed by atoms with Gasteiger partial charge >= 0.3 is 6.03 Å². The van der Waals surface area contributed by atoms with Crippen LogP contribution in [0, 0.1) is 6.92 Å². The van der Waals surface area contributed by atoms with Crippen molar-refractivity contribution in [3.8, 4) is 17.1 Å². The van der Waals surface area contributed by atoms with Gasteiger partial charge in [-0.2, -0.15) is 4.98 Å². The van der Waals surface area contributed by atoms with Crippen LogP contribution in [0.3, 0.4) is 0 Å². The summed E-state index contributed by atoms with van der Waals surface area (Å²) in [7, 11) is 1.63. The van der Waals surface area contributed by atoms with Crippen LogP contribution in [0.4, 0.5) is 4.79 Å². The molecule has 0 bridgehead atoms. The third kappa shape index (κ3) is 4.40. The highest BCUT2D eigenvalue weighted by molar-refractivity contribution is 5.87. The first-order valence-corrected chi connectivity index (χ1v) is 11.4. The van der Waals surface area contributed by atoms with Crippen LogP contribution in [0.1, 0.15) is 35.5 Å². The maximum absolute atomic E-state index is 13.3. The highest BCUT2D eigenvalue weighted by atomic mass is 16.5. The summed E-state index contributed by atoms with van der Waals surface area (Å²) in [5, 5.41) is 7.37. The number of carbonyl (C=O) groups is 1. The summed E-state index contributed by atoms with van der Waals surface area (Å²) < 4.78 is 11.3. The van der Waals surface area contributed by atoms with Crippen LogP contribution in [-0.4, -0.2) is 28.2 Å². The number of aromatic nitrogens is 2. The minimum Gasteiger partial charge on any atom is -0.496 e. The third-order valence-electron chi connectivity index (χ3n) is 6.22. The van der Waals surface area contributed by atoms with E-state index in [1.165, 1.54) is 0 Å². The molecular weight excluding hydrogens is 440 g/mol. The molecule has 1 aromatic heterocycles. The van der Waals surface area contributed by atoms with E-state index in [1.807, 2.05) is 92.7 Å². The molecule has 35 heavy (non-hydrogen) atoms. The van der Waals surface area contributed by atoms with E-state index in [-0.39, 0.29) is 6.03 Å². The van der Waals surface area contributed by atoms with Crippen molar-refractivity contribution >= 4 is 11.6 Å². The number of ether oxygens (including phenoxy) is 1. The van der Waals surface area contributed by atoms with Gasteiger partial charge in [0.15, 0.2) is 0 Å². The highest BCUT2D eigenvalue weighted by Gasteiger charge is 2.36. The van der Waals surface area contributed by atoms with E-state index in [4.69, 9.17) is 14.2 Å². The molecule has 1 aliphatic heterocycles. The summed E-state index contributed by atoms with van der Waals surface area (Å²) in [6.07, 6.45) is 0. The Bertz CT molecular complexity index is 1380. The number of benzene rings is 3. The van der Waals surface area contributed by atoms with Crippen molar-refractivity contribution in [2.24, 2.45) is 0 Å². The van der Waals surface area contributed by atoms with E-state index < -0.39 is 6.04 Å². The van der Waals surface area contributed by atoms with E-state index in [9.17, 15) is 4.79 Å².